The van der Waals surface area contributed by atoms with Crippen molar-refractivity contribution in [3.05, 3.63) is 66.0 Å². The molecule has 0 bridgehead atoms. The van der Waals surface area contributed by atoms with Crippen molar-refractivity contribution in [1.29, 1.82) is 0 Å². The molecule has 24 heavy (non-hydrogen) atoms. The first-order chi connectivity index (χ1) is 11.5. The topological polar surface area (TPSA) is 26.7 Å². The Morgan fingerprint density at radius 2 is 1.54 bits per heavy atom. The van der Waals surface area contributed by atoms with Crippen molar-refractivity contribution in [3.63, 3.8) is 0 Å². The van der Waals surface area contributed by atoms with Crippen molar-refractivity contribution >= 4 is 17.1 Å². The first kappa shape index (κ1) is 15.1. The second kappa shape index (κ2) is 5.27. The van der Waals surface area contributed by atoms with Gasteiger partial charge in [-0.15, -0.1) is 0 Å². The van der Waals surface area contributed by atoms with E-state index in [-0.39, 0.29) is 5.69 Å². The largest absolute Gasteiger partial charge is 0.418 e. The van der Waals surface area contributed by atoms with E-state index in [1.54, 1.807) is 29.2 Å². The van der Waals surface area contributed by atoms with Crippen molar-refractivity contribution in [1.82, 2.24) is 0 Å². The highest BCUT2D eigenvalue weighted by Crippen LogP contribution is 2.50. The van der Waals surface area contributed by atoms with Crippen molar-refractivity contribution in [2.75, 3.05) is 16.3 Å². The lowest BCUT2D eigenvalue weighted by Gasteiger charge is -2.31. The number of hydrogen-bond acceptors (Lipinski definition) is 3. The van der Waals surface area contributed by atoms with Crippen LogP contribution in [0.2, 0.25) is 0 Å². The van der Waals surface area contributed by atoms with E-state index in [4.69, 9.17) is 0 Å². The molecule has 0 saturated heterocycles. The van der Waals surface area contributed by atoms with Crippen LogP contribution in [0.4, 0.5) is 30.2 Å². The lowest BCUT2D eigenvalue weighted by atomic mass is 10.1. The van der Waals surface area contributed by atoms with Gasteiger partial charge in [0, 0.05) is 6.54 Å². The molecule has 2 aliphatic heterocycles. The molecule has 0 aromatic heterocycles. The van der Waals surface area contributed by atoms with Crippen molar-refractivity contribution in [2.45, 2.75) is 18.7 Å². The first-order valence-corrected chi connectivity index (χ1v) is 7.69. The highest BCUT2D eigenvalue weighted by Gasteiger charge is 2.40. The van der Waals surface area contributed by atoms with Crippen molar-refractivity contribution < 1.29 is 18.3 Å². The van der Waals surface area contributed by atoms with Gasteiger partial charge in [-0.2, -0.15) is 13.2 Å². The Bertz CT molecular complexity index is 816. The molecule has 2 aromatic rings. The van der Waals surface area contributed by atoms with Crippen LogP contribution in [0.25, 0.3) is 0 Å². The van der Waals surface area contributed by atoms with Gasteiger partial charge in [-0.25, -0.2) is 0 Å². The molecule has 1 atom stereocenters. The second-order valence-electron chi connectivity index (χ2n) is 5.87. The number of hydrogen-bond donors (Lipinski definition) is 1. The van der Waals surface area contributed by atoms with E-state index in [9.17, 15) is 18.3 Å². The lowest BCUT2D eigenvalue weighted by molar-refractivity contribution is -0.137. The maximum atomic E-state index is 13.5. The molecule has 0 aliphatic carbocycles. The molecule has 1 N–H and O–H groups in total. The van der Waals surface area contributed by atoms with Crippen molar-refractivity contribution in [3.8, 4) is 0 Å². The van der Waals surface area contributed by atoms with Gasteiger partial charge >= 0.3 is 6.18 Å². The summed E-state index contributed by atoms with van der Waals surface area (Å²) in [5, 5.41) is 9.98. The fourth-order valence-corrected chi connectivity index (χ4v) is 3.33. The SMILES string of the molecule is OC1C=C2N(CC1)c1ccccc1N2c1ccccc1C(F)(F)F. The number of halogens is 3. The Balaban J connectivity index is 1.95. The standard InChI is InChI=1S/C18H15F3N2O/c19-18(20,21)13-5-1-2-6-14(13)23-16-8-4-3-7-15(16)22-10-9-12(24)11-17(22)23/h1-8,11-12,24H,9-10H2. The van der Waals surface area contributed by atoms with Gasteiger partial charge in [0.2, 0.25) is 0 Å². The predicted molar refractivity (Wildman–Crippen MR) is 86.1 cm³/mol. The number of rotatable bonds is 1. The molecule has 0 spiro atoms. The number of benzene rings is 2. The van der Waals surface area contributed by atoms with Gasteiger partial charge in [-0.1, -0.05) is 24.3 Å². The molecule has 0 saturated carbocycles. The molecule has 124 valence electrons. The molecular formula is C18H15F3N2O. The highest BCUT2D eigenvalue weighted by molar-refractivity contribution is 5.89. The molecule has 0 amide bonds. The Hall–Kier alpha value is -2.47. The summed E-state index contributed by atoms with van der Waals surface area (Å²) in [4.78, 5) is 3.54. The zero-order valence-electron chi connectivity index (χ0n) is 12.7. The van der Waals surface area contributed by atoms with Gasteiger partial charge in [0.05, 0.1) is 28.7 Å². The smallest absolute Gasteiger partial charge is 0.389 e. The minimum atomic E-state index is -4.45. The van der Waals surface area contributed by atoms with Gasteiger partial charge in [0.25, 0.3) is 0 Å². The van der Waals surface area contributed by atoms with E-state index in [0.29, 0.717) is 24.5 Å². The summed E-state index contributed by atoms with van der Waals surface area (Å²) in [5.74, 6) is 0.576. The van der Waals surface area contributed by atoms with Crippen LogP contribution < -0.4 is 9.80 Å². The molecule has 1 unspecified atom stereocenters. The van der Waals surface area contributed by atoms with Gasteiger partial charge < -0.3 is 10.0 Å². The average Bonchev–Trinajstić information content (AvgIpc) is 2.87. The zero-order chi connectivity index (χ0) is 16.9. The molecule has 3 nitrogen and oxygen atoms in total. The fraction of sp³-hybridized carbons (Fsp3) is 0.222. The number of fused-ring (bicyclic) bond motifs is 3. The van der Waals surface area contributed by atoms with E-state index < -0.39 is 17.8 Å². The molecule has 0 fully saturated rings. The van der Waals surface area contributed by atoms with Crippen LogP contribution in [-0.2, 0) is 6.18 Å². The van der Waals surface area contributed by atoms with Crippen LogP contribution in [0.5, 0.6) is 0 Å². The third-order valence-corrected chi connectivity index (χ3v) is 4.36. The Morgan fingerprint density at radius 3 is 2.25 bits per heavy atom. The molecule has 2 heterocycles. The summed E-state index contributed by atoms with van der Waals surface area (Å²) >= 11 is 0. The average molecular weight is 332 g/mol. The molecule has 0 radical (unpaired) electrons. The van der Waals surface area contributed by atoms with Crippen LogP contribution >= 0.6 is 0 Å². The van der Waals surface area contributed by atoms with E-state index in [2.05, 4.69) is 0 Å². The van der Waals surface area contributed by atoms with Gasteiger partial charge in [0.1, 0.15) is 5.82 Å². The molecule has 6 heteroatoms. The zero-order valence-corrected chi connectivity index (χ0v) is 12.7. The number of anilines is 3. The fourth-order valence-electron chi connectivity index (χ4n) is 3.33. The number of aliphatic hydroxyl groups is 1. The summed E-state index contributed by atoms with van der Waals surface area (Å²) in [6.07, 6.45) is -2.94. The lowest BCUT2D eigenvalue weighted by Crippen LogP contribution is -2.34. The number of aliphatic hydroxyl groups excluding tert-OH is 1. The maximum Gasteiger partial charge on any atom is 0.418 e. The third-order valence-electron chi connectivity index (χ3n) is 4.36. The van der Waals surface area contributed by atoms with E-state index in [1.165, 1.54) is 12.1 Å². The molecule has 2 aromatic carbocycles. The van der Waals surface area contributed by atoms with Crippen LogP contribution in [0, 0.1) is 0 Å². The van der Waals surface area contributed by atoms with Gasteiger partial charge in [0.15, 0.2) is 0 Å². The Kier molecular flexibility index (Phi) is 3.31. The quantitative estimate of drug-likeness (QED) is 0.845. The van der Waals surface area contributed by atoms with Crippen LogP contribution in [0.1, 0.15) is 12.0 Å². The predicted octanol–water partition coefficient (Wildman–Crippen LogP) is 4.27. The van der Waals surface area contributed by atoms with Crippen LogP contribution in [0.3, 0.4) is 0 Å². The minimum absolute atomic E-state index is 0.0697. The van der Waals surface area contributed by atoms with Crippen molar-refractivity contribution in [2.24, 2.45) is 0 Å². The van der Waals surface area contributed by atoms with E-state index >= 15 is 0 Å². The summed E-state index contributed by atoms with van der Waals surface area (Å²) < 4.78 is 40.4. The molecular weight excluding hydrogens is 317 g/mol. The van der Waals surface area contributed by atoms with Gasteiger partial charge in [-0.3, -0.25) is 4.90 Å². The van der Waals surface area contributed by atoms with E-state index in [1.807, 2.05) is 17.0 Å². The summed E-state index contributed by atoms with van der Waals surface area (Å²) in [6.45, 7) is 0.564. The molecule has 4 rings (SSSR count). The number of para-hydroxylation sites is 3. The van der Waals surface area contributed by atoms with Gasteiger partial charge in [-0.05, 0) is 36.8 Å². The summed E-state index contributed by atoms with van der Waals surface area (Å²) in [7, 11) is 0. The highest BCUT2D eigenvalue weighted by atomic mass is 19.4. The maximum absolute atomic E-state index is 13.5. The first-order valence-electron chi connectivity index (χ1n) is 7.69. The summed E-state index contributed by atoms with van der Waals surface area (Å²) in [6, 6.07) is 12.9. The normalized spacial score (nSPS) is 19.8. The summed E-state index contributed by atoms with van der Waals surface area (Å²) in [5.41, 5.74) is 0.921. The monoisotopic (exact) mass is 332 g/mol. The number of alkyl halides is 3. The Morgan fingerprint density at radius 1 is 0.917 bits per heavy atom. The Labute approximate surface area is 137 Å². The molecule has 2 aliphatic rings. The second-order valence-corrected chi connectivity index (χ2v) is 5.87. The minimum Gasteiger partial charge on any atom is -0.389 e. The third kappa shape index (κ3) is 2.26. The van der Waals surface area contributed by atoms with E-state index in [0.717, 1.165) is 11.8 Å². The van der Waals surface area contributed by atoms with Crippen LogP contribution in [0.15, 0.2) is 60.4 Å². The number of nitrogens with zero attached hydrogens (tertiary/aromatic N) is 2. The van der Waals surface area contributed by atoms with Crippen LogP contribution in [-0.4, -0.2) is 17.8 Å².